The second-order valence-electron chi connectivity index (χ2n) is 8.56. The van der Waals surface area contributed by atoms with Crippen molar-refractivity contribution in [1.29, 1.82) is 0 Å². The molecule has 2 heterocycles. The van der Waals surface area contributed by atoms with Crippen LogP contribution in [-0.2, 0) is 5.54 Å². The van der Waals surface area contributed by atoms with Crippen molar-refractivity contribution in [1.82, 2.24) is 25.2 Å². The van der Waals surface area contributed by atoms with E-state index in [1.54, 1.807) is 29.9 Å². The lowest BCUT2D eigenvalue weighted by Crippen LogP contribution is -2.44. The fourth-order valence-electron chi connectivity index (χ4n) is 4.43. The highest BCUT2D eigenvalue weighted by Gasteiger charge is 2.42. The van der Waals surface area contributed by atoms with E-state index in [-0.39, 0.29) is 11.7 Å². The summed E-state index contributed by atoms with van der Waals surface area (Å²) >= 11 is 0. The molecule has 1 N–H and O–H groups in total. The first-order valence-electron chi connectivity index (χ1n) is 11.0. The van der Waals surface area contributed by atoms with E-state index in [0.29, 0.717) is 28.7 Å². The summed E-state index contributed by atoms with van der Waals surface area (Å²) in [7, 11) is 0. The largest absolute Gasteiger partial charge is 0.340 e. The van der Waals surface area contributed by atoms with Crippen molar-refractivity contribution in [3.05, 3.63) is 83.4 Å². The van der Waals surface area contributed by atoms with Crippen LogP contribution in [0.2, 0.25) is 0 Å². The number of halogens is 1. The molecule has 2 aromatic heterocycles. The monoisotopic (exact) mass is 445 g/mol. The van der Waals surface area contributed by atoms with Crippen molar-refractivity contribution in [2.24, 2.45) is 0 Å². The fraction of sp³-hybridized carbons (Fsp3) is 0.280. The highest BCUT2D eigenvalue weighted by atomic mass is 19.1. The van der Waals surface area contributed by atoms with Gasteiger partial charge in [-0.05, 0) is 50.1 Å². The fourth-order valence-corrected chi connectivity index (χ4v) is 4.43. The molecule has 1 aliphatic carbocycles. The van der Waals surface area contributed by atoms with Gasteiger partial charge in [-0.15, -0.1) is 0 Å². The Bertz CT molecular complexity index is 1300. The number of aryl methyl sites for hydroxylation is 2. The van der Waals surface area contributed by atoms with Crippen LogP contribution < -0.4 is 5.32 Å². The molecule has 0 unspecified atom stereocenters. The molecule has 8 heteroatoms. The van der Waals surface area contributed by atoms with Crippen molar-refractivity contribution >= 4 is 5.91 Å². The first-order valence-corrected chi connectivity index (χ1v) is 11.0. The summed E-state index contributed by atoms with van der Waals surface area (Å²) in [5, 5.41) is 12.0. The molecule has 5 rings (SSSR count). The van der Waals surface area contributed by atoms with E-state index >= 15 is 0 Å². The van der Waals surface area contributed by atoms with E-state index in [2.05, 4.69) is 15.5 Å². The third-order valence-electron chi connectivity index (χ3n) is 6.11. The number of carbonyl (C=O) groups excluding carboxylic acids is 1. The second-order valence-corrected chi connectivity index (χ2v) is 8.56. The smallest absolute Gasteiger partial charge is 0.255 e. The van der Waals surface area contributed by atoms with E-state index in [1.165, 1.54) is 12.1 Å². The molecule has 0 spiro atoms. The summed E-state index contributed by atoms with van der Waals surface area (Å²) in [6, 6.07) is 13.8. The molecule has 1 fully saturated rings. The molecule has 0 saturated heterocycles. The number of hydrogen-bond donors (Lipinski definition) is 1. The van der Waals surface area contributed by atoms with E-state index in [4.69, 9.17) is 9.62 Å². The minimum absolute atomic E-state index is 0.260. The van der Waals surface area contributed by atoms with Crippen LogP contribution >= 0.6 is 0 Å². The molecular weight excluding hydrogens is 421 g/mol. The van der Waals surface area contributed by atoms with Crippen LogP contribution in [-0.4, -0.2) is 25.8 Å². The van der Waals surface area contributed by atoms with E-state index in [9.17, 15) is 9.18 Å². The highest BCUT2D eigenvalue weighted by Crippen LogP contribution is 2.38. The van der Waals surface area contributed by atoms with Gasteiger partial charge in [0.15, 0.2) is 5.82 Å². The van der Waals surface area contributed by atoms with Gasteiger partial charge in [-0.3, -0.25) is 4.79 Å². The Hall–Kier alpha value is -3.81. The van der Waals surface area contributed by atoms with Crippen molar-refractivity contribution in [2.45, 2.75) is 45.1 Å². The number of amides is 1. The third-order valence-corrected chi connectivity index (χ3v) is 6.11. The van der Waals surface area contributed by atoms with Gasteiger partial charge in [-0.2, -0.15) is 10.1 Å². The summed E-state index contributed by atoms with van der Waals surface area (Å²) in [5.74, 6) is 0.384. The maximum absolute atomic E-state index is 13.7. The maximum Gasteiger partial charge on any atom is 0.255 e. The molecule has 168 valence electrons. The maximum atomic E-state index is 13.7. The molecule has 1 aliphatic rings. The van der Waals surface area contributed by atoms with Crippen molar-refractivity contribution in [3.8, 4) is 16.9 Å². The number of nitrogens with zero attached hydrogens (tertiary/aromatic N) is 4. The molecule has 33 heavy (non-hydrogen) atoms. The first kappa shape index (κ1) is 21.1. The standard InChI is InChI=1S/C25H24FN5O2/c1-16-6-5-7-18(14-16)22-21(15-31(29-22)20-10-8-19(26)9-11-20)23(32)28-25(12-3-4-13-25)24-27-17(2)33-30-24/h5-11,14-15H,3-4,12-13H2,1-2H3,(H,28,32). The van der Waals surface area contributed by atoms with Gasteiger partial charge in [0, 0.05) is 18.7 Å². The molecule has 0 bridgehead atoms. The highest BCUT2D eigenvalue weighted by molar-refractivity contribution is 6.00. The summed E-state index contributed by atoms with van der Waals surface area (Å²) in [5.41, 5.74) is 2.86. The molecule has 7 nitrogen and oxygen atoms in total. The van der Waals surface area contributed by atoms with Crippen LogP contribution in [0.5, 0.6) is 0 Å². The van der Waals surface area contributed by atoms with Gasteiger partial charge in [0.25, 0.3) is 5.91 Å². The Balaban J connectivity index is 1.57. The molecule has 1 amide bonds. The van der Waals surface area contributed by atoms with Gasteiger partial charge in [0.2, 0.25) is 5.89 Å². The van der Waals surface area contributed by atoms with Gasteiger partial charge >= 0.3 is 0 Å². The van der Waals surface area contributed by atoms with E-state index in [0.717, 1.165) is 36.8 Å². The van der Waals surface area contributed by atoms with Crippen LogP contribution in [0.3, 0.4) is 0 Å². The van der Waals surface area contributed by atoms with E-state index in [1.807, 2.05) is 31.2 Å². The van der Waals surface area contributed by atoms with Crippen LogP contribution in [0.15, 0.2) is 59.3 Å². The first-order chi connectivity index (χ1) is 15.9. The zero-order valence-corrected chi connectivity index (χ0v) is 18.5. The van der Waals surface area contributed by atoms with Crippen LogP contribution in [0.25, 0.3) is 16.9 Å². The minimum Gasteiger partial charge on any atom is -0.340 e. The number of nitrogens with one attached hydrogen (secondary N) is 1. The van der Waals surface area contributed by atoms with Crippen LogP contribution in [0.1, 0.15) is 53.3 Å². The summed E-state index contributed by atoms with van der Waals surface area (Å²) < 4.78 is 20.3. The SMILES string of the molecule is Cc1cccc(-c2nn(-c3ccc(F)cc3)cc2C(=O)NC2(c3noc(C)n3)CCCC2)c1. The molecule has 1 saturated carbocycles. The topological polar surface area (TPSA) is 85.8 Å². The lowest BCUT2D eigenvalue weighted by Gasteiger charge is -2.26. The van der Waals surface area contributed by atoms with Crippen molar-refractivity contribution in [2.75, 3.05) is 0 Å². The Morgan fingerprint density at radius 3 is 2.55 bits per heavy atom. The molecule has 4 aromatic rings. The normalized spacial score (nSPS) is 15.0. The van der Waals surface area contributed by atoms with Gasteiger partial charge in [-0.1, -0.05) is 41.8 Å². The second kappa shape index (κ2) is 8.27. The number of benzene rings is 2. The Morgan fingerprint density at radius 1 is 1.12 bits per heavy atom. The summed E-state index contributed by atoms with van der Waals surface area (Å²) in [6.07, 6.45) is 5.10. The number of aromatic nitrogens is 4. The van der Waals surface area contributed by atoms with Gasteiger partial charge in [0.05, 0.1) is 11.3 Å². The third kappa shape index (κ3) is 4.04. The zero-order chi connectivity index (χ0) is 23.0. The Labute approximate surface area is 190 Å². The van der Waals surface area contributed by atoms with Crippen molar-refractivity contribution < 1.29 is 13.7 Å². The Kier molecular flexibility index (Phi) is 5.28. The average molecular weight is 445 g/mol. The molecular formula is C25H24FN5O2. The number of rotatable bonds is 5. The predicted molar refractivity (Wildman–Crippen MR) is 120 cm³/mol. The van der Waals surface area contributed by atoms with E-state index < -0.39 is 5.54 Å². The van der Waals surface area contributed by atoms with Crippen LogP contribution in [0.4, 0.5) is 4.39 Å². The Morgan fingerprint density at radius 2 is 1.88 bits per heavy atom. The lowest BCUT2D eigenvalue weighted by molar-refractivity contribution is 0.0892. The predicted octanol–water partition coefficient (Wildman–Crippen LogP) is 4.88. The molecule has 0 atom stereocenters. The minimum atomic E-state index is -0.670. The van der Waals surface area contributed by atoms with Crippen LogP contribution in [0, 0.1) is 19.7 Å². The average Bonchev–Trinajstić information content (AvgIpc) is 3.54. The number of hydrogen-bond acceptors (Lipinski definition) is 5. The van der Waals surface area contributed by atoms with Gasteiger partial charge in [-0.25, -0.2) is 9.07 Å². The lowest BCUT2D eigenvalue weighted by atomic mass is 9.95. The summed E-state index contributed by atoms with van der Waals surface area (Å²) in [6.45, 7) is 3.73. The molecule has 2 aromatic carbocycles. The van der Waals surface area contributed by atoms with Gasteiger partial charge in [0.1, 0.15) is 17.1 Å². The zero-order valence-electron chi connectivity index (χ0n) is 18.5. The number of carbonyl (C=O) groups is 1. The quantitative estimate of drug-likeness (QED) is 0.473. The molecule has 0 aliphatic heterocycles. The van der Waals surface area contributed by atoms with Crippen molar-refractivity contribution in [3.63, 3.8) is 0 Å². The van der Waals surface area contributed by atoms with Gasteiger partial charge < -0.3 is 9.84 Å². The molecule has 0 radical (unpaired) electrons. The summed E-state index contributed by atoms with van der Waals surface area (Å²) in [4.78, 5) is 18.1.